The Bertz CT molecular complexity index is 463. The Kier molecular flexibility index (Phi) is 6.62. The van der Waals surface area contributed by atoms with Crippen LogP contribution in [0.15, 0.2) is 22.7 Å². The fourth-order valence-corrected chi connectivity index (χ4v) is 2.37. The van der Waals surface area contributed by atoms with Gasteiger partial charge in [-0.25, -0.2) is 4.39 Å². The third-order valence-electron chi connectivity index (χ3n) is 3.21. The Morgan fingerprint density at radius 3 is 2.80 bits per heavy atom. The number of nitrogens with one attached hydrogen (secondary N) is 1. The number of aryl methyl sites for hydroxylation is 1. The summed E-state index contributed by atoms with van der Waals surface area (Å²) in [7, 11) is 0. The molecule has 0 fully saturated rings. The van der Waals surface area contributed by atoms with Crippen LogP contribution < -0.4 is 11.1 Å². The van der Waals surface area contributed by atoms with E-state index in [1.54, 1.807) is 13.0 Å². The fraction of sp³-hybridized carbons (Fsp3) is 0.533. The zero-order valence-electron chi connectivity index (χ0n) is 12.0. The molecule has 1 aromatic carbocycles. The van der Waals surface area contributed by atoms with Crippen molar-refractivity contribution in [2.24, 2.45) is 5.73 Å². The van der Waals surface area contributed by atoms with Crippen molar-refractivity contribution in [1.82, 2.24) is 5.32 Å². The molecule has 5 heteroatoms. The van der Waals surface area contributed by atoms with Crippen molar-refractivity contribution in [1.29, 1.82) is 0 Å². The lowest BCUT2D eigenvalue weighted by Gasteiger charge is -2.22. The predicted molar refractivity (Wildman–Crippen MR) is 82.9 cm³/mol. The third-order valence-corrected chi connectivity index (χ3v) is 3.70. The van der Waals surface area contributed by atoms with Crippen LogP contribution >= 0.6 is 15.9 Å². The lowest BCUT2D eigenvalue weighted by Crippen LogP contribution is -2.51. The van der Waals surface area contributed by atoms with Crippen molar-refractivity contribution >= 4 is 21.8 Å². The number of nitrogens with two attached hydrogens (primary N) is 1. The van der Waals surface area contributed by atoms with Crippen LogP contribution in [-0.2, 0) is 11.2 Å². The number of hydrogen-bond donors (Lipinski definition) is 2. The summed E-state index contributed by atoms with van der Waals surface area (Å²) in [4.78, 5) is 11.9. The standard InChI is InChI=1S/C15H22BrFN2O/c1-3-8-15(2,18)14(20)19-9-4-5-11-6-7-12(16)10-13(11)17/h6-7,10H,3-5,8-9,18H2,1-2H3,(H,19,20). The minimum absolute atomic E-state index is 0.143. The molecule has 1 aromatic rings. The van der Waals surface area contributed by atoms with E-state index in [2.05, 4.69) is 21.2 Å². The molecule has 0 heterocycles. The summed E-state index contributed by atoms with van der Waals surface area (Å²) < 4.78 is 14.3. The first-order valence-corrected chi connectivity index (χ1v) is 7.67. The molecule has 1 rings (SSSR count). The minimum atomic E-state index is -0.822. The molecule has 3 N–H and O–H groups in total. The Morgan fingerprint density at radius 2 is 2.20 bits per heavy atom. The van der Waals surface area contributed by atoms with E-state index in [4.69, 9.17) is 5.73 Å². The molecule has 0 saturated heterocycles. The summed E-state index contributed by atoms with van der Waals surface area (Å²) in [5.74, 6) is -0.365. The first-order valence-electron chi connectivity index (χ1n) is 6.88. The molecule has 20 heavy (non-hydrogen) atoms. The van der Waals surface area contributed by atoms with Crippen LogP contribution in [-0.4, -0.2) is 18.0 Å². The van der Waals surface area contributed by atoms with E-state index in [0.717, 1.165) is 10.9 Å². The Balaban J connectivity index is 2.36. The lowest BCUT2D eigenvalue weighted by molar-refractivity contribution is -0.126. The van der Waals surface area contributed by atoms with Gasteiger partial charge in [0.25, 0.3) is 0 Å². The van der Waals surface area contributed by atoms with Crippen molar-refractivity contribution in [2.75, 3.05) is 6.54 Å². The molecule has 0 radical (unpaired) electrons. The van der Waals surface area contributed by atoms with Crippen molar-refractivity contribution in [3.05, 3.63) is 34.1 Å². The van der Waals surface area contributed by atoms with E-state index >= 15 is 0 Å². The van der Waals surface area contributed by atoms with Gasteiger partial charge in [0, 0.05) is 11.0 Å². The maximum Gasteiger partial charge on any atom is 0.239 e. The first kappa shape index (κ1) is 17.1. The van der Waals surface area contributed by atoms with Crippen LogP contribution in [0.25, 0.3) is 0 Å². The molecule has 0 aliphatic carbocycles. The smallest absolute Gasteiger partial charge is 0.239 e. The zero-order chi connectivity index (χ0) is 15.2. The van der Waals surface area contributed by atoms with E-state index in [0.29, 0.717) is 31.4 Å². The molecule has 112 valence electrons. The highest BCUT2D eigenvalue weighted by Crippen LogP contribution is 2.16. The molecule has 0 aromatic heterocycles. The average Bonchev–Trinajstić information content (AvgIpc) is 2.36. The lowest BCUT2D eigenvalue weighted by atomic mass is 9.96. The topological polar surface area (TPSA) is 55.1 Å². The highest BCUT2D eigenvalue weighted by molar-refractivity contribution is 9.10. The van der Waals surface area contributed by atoms with Gasteiger partial charge in [0.2, 0.25) is 5.91 Å². The summed E-state index contributed by atoms with van der Waals surface area (Å²) >= 11 is 3.22. The van der Waals surface area contributed by atoms with Gasteiger partial charge in [0.1, 0.15) is 5.82 Å². The number of hydrogen-bond acceptors (Lipinski definition) is 2. The van der Waals surface area contributed by atoms with Gasteiger partial charge in [-0.2, -0.15) is 0 Å². The summed E-state index contributed by atoms with van der Waals surface area (Å²) in [6.07, 6.45) is 2.80. The molecule has 0 aliphatic rings. The number of benzene rings is 1. The van der Waals surface area contributed by atoms with Crippen LogP contribution in [0.2, 0.25) is 0 Å². The van der Waals surface area contributed by atoms with Gasteiger partial charge in [-0.15, -0.1) is 0 Å². The molecule has 0 saturated carbocycles. The van der Waals surface area contributed by atoms with Crippen molar-refractivity contribution in [2.45, 2.75) is 45.1 Å². The van der Waals surface area contributed by atoms with E-state index in [9.17, 15) is 9.18 Å². The molecule has 0 spiro atoms. The van der Waals surface area contributed by atoms with Gasteiger partial charge in [0.15, 0.2) is 0 Å². The number of halogens is 2. The summed E-state index contributed by atoms with van der Waals surface area (Å²) in [6, 6.07) is 5.02. The monoisotopic (exact) mass is 344 g/mol. The SMILES string of the molecule is CCCC(C)(N)C(=O)NCCCc1ccc(Br)cc1F. The molecular formula is C15H22BrFN2O. The maximum absolute atomic E-state index is 13.6. The minimum Gasteiger partial charge on any atom is -0.355 e. The van der Waals surface area contributed by atoms with Crippen LogP contribution in [0.4, 0.5) is 4.39 Å². The van der Waals surface area contributed by atoms with E-state index in [1.807, 2.05) is 13.0 Å². The molecule has 1 amide bonds. The fourth-order valence-electron chi connectivity index (χ4n) is 2.04. The number of carbonyl (C=O) groups excluding carboxylic acids is 1. The predicted octanol–water partition coefficient (Wildman–Crippen LogP) is 3.15. The second kappa shape index (κ2) is 7.74. The van der Waals surface area contributed by atoms with Gasteiger partial charge in [-0.3, -0.25) is 4.79 Å². The highest BCUT2D eigenvalue weighted by Gasteiger charge is 2.26. The average molecular weight is 345 g/mol. The molecule has 0 bridgehead atoms. The molecule has 1 unspecified atom stereocenters. The maximum atomic E-state index is 13.6. The number of amides is 1. The Labute approximate surface area is 128 Å². The summed E-state index contributed by atoms with van der Waals surface area (Å²) in [6.45, 7) is 4.24. The third kappa shape index (κ3) is 5.21. The van der Waals surface area contributed by atoms with Crippen molar-refractivity contribution in [3.8, 4) is 0 Å². The molecular weight excluding hydrogens is 323 g/mol. The van der Waals surface area contributed by atoms with Crippen LogP contribution in [0.5, 0.6) is 0 Å². The largest absolute Gasteiger partial charge is 0.355 e. The van der Waals surface area contributed by atoms with Crippen molar-refractivity contribution < 1.29 is 9.18 Å². The Hall–Kier alpha value is -0.940. The number of carbonyl (C=O) groups is 1. The van der Waals surface area contributed by atoms with Gasteiger partial charge >= 0.3 is 0 Å². The molecule has 1 atom stereocenters. The van der Waals surface area contributed by atoms with Gasteiger partial charge < -0.3 is 11.1 Å². The van der Waals surface area contributed by atoms with Gasteiger partial charge in [0.05, 0.1) is 5.54 Å². The number of rotatable bonds is 7. The van der Waals surface area contributed by atoms with Crippen molar-refractivity contribution in [3.63, 3.8) is 0 Å². The second-order valence-corrected chi connectivity index (χ2v) is 6.18. The quantitative estimate of drug-likeness (QED) is 0.746. The molecule has 3 nitrogen and oxygen atoms in total. The highest BCUT2D eigenvalue weighted by atomic mass is 79.9. The summed E-state index contributed by atoms with van der Waals surface area (Å²) in [5, 5.41) is 2.81. The Morgan fingerprint density at radius 1 is 1.50 bits per heavy atom. The summed E-state index contributed by atoms with van der Waals surface area (Å²) in [5.41, 5.74) is 5.76. The van der Waals surface area contributed by atoms with E-state index < -0.39 is 5.54 Å². The van der Waals surface area contributed by atoms with Gasteiger partial charge in [-0.1, -0.05) is 35.3 Å². The molecule has 0 aliphatic heterocycles. The van der Waals surface area contributed by atoms with E-state index in [-0.39, 0.29) is 11.7 Å². The van der Waals surface area contributed by atoms with Crippen LogP contribution in [0.1, 0.15) is 38.7 Å². The zero-order valence-corrected chi connectivity index (χ0v) is 13.6. The first-order chi connectivity index (χ1) is 9.36. The van der Waals surface area contributed by atoms with E-state index in [1.165, 1.54) is 6.07 Å². The second-order valence-electron chi connectivity index (χ2n) is 5.26. The van der Waals surface area contributed by atoms with Crippen LogP contribution in [0.3, 0.4) is 0 Å². The van der Waals surface area contributed by atoms with Crippen LogP contribution in [0, 0.1) is 5.82 Å². The normalized spacial score (nSPS) is 13.8. The van der Waals surface area contributed by atoms with Gasteiger partial charge in [-0.05, 0) is 43.9 Å².